The van der Waals surface area contributed by atoms with Gasteiger partial charge in [-0.05, 0) is 6.92 Å². The van der Waals surface area contributed by atoms with Gasteiger partial charge in [-0.1, -0.05) is 0 Å². The molecule has 0 aliphatic carbocycles. The van der Waals surface area contributed by atoms with E-state index in [4.69, 9.17) is 10.5 Å². The van der Waals surface area contributed by atoms with Gasteiger partial charge in [0.15, 0.2) is 5.88 Å². The van der Waals surface area contributed by atoms with Gasteiger partial charge in [-0.3, -0.25) is 0 Å². The molecule has 0 saturated heterocycles. The van der Waals surface area contributed by atoms with Crippen molar-refractivity contribution >= 4 is 0 Å². The summed E-state index contributed by atoms with van der Waals surface area (Å²) >= 11 is 0. The van der Waals surface area contributed by atoms with Crippen LogP contribution in [0.3, 0.4) is 0 Å². The van der Waals surface area contributed by atoms with Gasteiger partial charge in [-0.15, -0.1) is 0 Å². The number of hydrogen-bond donors (Lipinski definition) is 1. The first-order valence-electron chi connectivity index (χ1n) is 1.89. The molecule has 0 fully saturated rings. The zero-order valence-electron chi connectivity index (χ0n) is 3.69. The molecule has 2 N–H and O–H groups in total. The zero-order chi connectivity index (χ0) is 4.57. The second-order valence-electron chi connectivity index (χ2n) is 1.43. The number of ether oxygens (including phenoxy) is 1. The Kier molecular flexibility index (Phi) is 0.528. The minimum atomic E-state index is 0.606. The molecule has 6 heavy (non-hydrogen) atoms. The molecule has 0 unspecified atom stereocenters. The fourth-order valence-electron chi connectivity index (χ4n) is 0.300. The lowest BCUT2D eigenvalue weighted by Gasteiger charge is -2.16. The van der Waals surface area contributed by atoms with Gasteiger partial charge < -0.3 is 10.5 Å². The molecule has 0 spiro atoms. The molecule has 0 atom stereocenters. The summed E-state index contributed by atoms with van der Waals surface area (Å²) in [6, 6.07) is 0. The van der Waals surface area contributed by atoms with E-state index in [9.17, 15) is 0 Å². The topological polar surface area (TPSA) is 35.2 Å². The van der Waals surface area contributed by atoms with Crippen LogP contribution in [0.15, 0.2) is 11.5 Å². The van der Waals surface area contributed by atoms with Crippen LogP contribution in [-0.4, -0.2) is 6.61 Å². The van der Waals surface area contributed by atoms with Crippen molar-refractivity contribution in [1.29, 1.82) is 0 Å². The minimum absolute atomic E-state index is 0.606. The Morgan fingerprint density at radius 3 is 2.33 bits per heavy atom. The highest BCUT2D eigenvalue weighted by Gasteiger charge is 2.07. The lowest BCUT2D eigenvalue weighted by molar-refractivity contribution is 0.176. The molecule has 1 aliphatic heterocycles. The Morgan fingerprint density at radius 1 is 1.83 bits per heavy atom. The second-order valence-corrected chi connectivity index (χ2v) is 1.43. The van der Waals surface area contributed by atoms with Crippen LogP contribution < -0.4 is 5.73 Å². The molecule has 0 amide bonds. The van der Waals surface area contributed by atoms with Crippen LogP contribution in [0, 0.1) is 0 Å². The van der Waals surface area contributed by atoms with E-state index in [1.807, 2.05) is 6.92 Å². The largest absolute Gasteiger partial charge is 0.475 e. The average molecular weight is 85.1 g/mol. The maximum absolute atomic E-state index is 5.18. The Morgan fingerprint density at radius 2 is 2.33 bits per heavy atom. The van der Waals surface area contributed by atoms with Crippen LogP contribution in [0.2, 0.25) is 0 Å². The van der Waals surface area contributed by atoms with Crippen molar-refractivity contribution in [2.45, 2.75) is 6.92 Å². The molecule has 2 heteroatoms. The zero-order valence-corrected chi connectivity index (χ0v) is 3.69. The third kappa shape index (κ3) is 0.263. The first kappa shape index (κ1) is 3.53. The molecule has 0 aromatic rings. The molecule has 2 nitrogen and oxygen atoms in total. The third-order valence-corrected chi connectivity index (χ3v) is 0.865. The van der Waals surface area contributed by atoms with Crippen molar-refractivity contribution in [3.63, 3.8) is 0 Å². The fourth-order valence-corrected chi connectivity index (χ4v) is 0.300. The van der Waals surface area contributed by atoms with E-state index in [0.717, 1.165) is 12.2 Å². The third-order valence-electron chi connectivity index (χ3n) is 0.865. The minimum Gasteiger partial charge on any atom is -0.475 e. The lowest BCUT2D eigenvalue weighted by Crippen LogP contribution is -2.18. The van der Waals surface area contributed by atoms with E-state index >= 15 is 0 Å². The van der Waals surface area contributed by atoms with Gasteiger partial charge >= 0.3 is 0 Å². The van der Waals surface area contributed by atoms with Gasteiger partial charge in [0.05, 0.1) is 0 Å². The lowest BCUT2D eigenvalue weighted by atomic mass is 10.3. The summed E-state index contributed by atoms with van der Waals surface area (Å²) in [5, 5.41) is 0. The van der Waals surface area contributed by atoms with E-state index in [0.29, 0.717) is 5.88 Å². The van der Waals surface area contributed by atoms with E-state index in [2.05, 4.69) is 0 Å². The van der Waals surface area contributed by atoms with Crippen molar-refractivity contribution < 1.29 is 4.74 Å². The number of nitrogens with two attached hydrogens (primary N) is 1. The molecule has 0 saturated carbocycles. The van der Waals surface area contributed by atoms with E-state index < -0.39 is 0 Å². The van der Waals surface area contributed by atoms with Crippen LogP contribution in [0.25, 0.3) is 0 Å². The quantitative estimate of drug-likeness (QED) is 0.456. The van der Waals surface area contributed by atoms with Crippen LogP contribution in [0.1, 0.15) is 6.92 Å². The standard InChI is InChI=1S/C4H7NO/c1-3-2-6-4(3)5/h2,5H2,1H3. The van der Waals surface area contributed by atoms with Gasteiger partial charge in [0.2, 0.25) is 0 Å². The predicted octanol–water partition coefficient (Wildman–Crippen LogP) is 0.207. The average Bonchev–Trinajstić information content (AvgIpc) is 1.61. The van der Waals surface area contributed by atoms with Gasteiger partial charge in [-0.25, -0.2) is 0 Å². The summed E-state index contributed by atoms with van der Waals surface area (Å²) in [6.45, 7) is 2.69. The maximum atomic E-state index is 5.18. The van der Waals surface area contributed by atoms with Crippen LogP contribution in [0.4, 0.5) is 0 Å². The summed E-state index contributed by atoms with van der Waals surface area (Å²) in [5.74, 6) is 0.606. The highest BCUT2D eigenvalue weighted by molar-refractivity contribution is 5.10. The van der Waals surface area contributed by atoms with Crippen molar-refractivity contribution in [2.24, 2.45) is 5.73 Å². The molecular weight excluding hydrogens is 78.0 g/mol. The van der Waals surface area contributed by atoms with Crippen LogP contribution >= 0.6 is 0 Å². The molecular formula is C4H7NO. The van der Waals surface area contributed by atoms with Gasteiger partial charge in [-0.2, -0.15) is 0 Å². The Labute approximate surface area is 36.6 Å². The summed E-state index contributed by atoms with van der Waals surface area (Å²) in [5.41, 5.74) is 6.34. The highest BCUT2D eigenvalue weighted by Crippen LogP contribution is 2.10. The summed E-state index contributed by atoms with van der Waals surface area (Å²) in [4.78, 5) is 0. The SMILES string of the molecule is CC1=C(N)OC1. The normalized spacial score (nSPS) is 19.5. The van der Waals surface area contributed by atoms with Crippen molar-refractivity contribution in [2.75, 3.05) is 6.61 Å². The monoisotopic (exact) mass is 85.1 g/mol. The Balaban J connectivity index is 2.66. The summed E-state index contributed by atoms with van der Waals surface area (Å²) in [6.07, 6.45) is 0. The maximum Gasteiger partial charge on any atom is 0.186 e. The smallest absolute Gasteiger partial charge is 0.186 e. The van der Waals surface area contributed by atoms with Crippen molar-refractivity contribution in [1.82, 2.24) is 0 Å². The van der Waals surface area contributed by atoms with E-state index in [1.165, 1.54) is 0 Å². The molecule has 0 bridgehead atoms. The summed E-state index contributed by atoms with van der Waals surface area (Å²) < 4.78 is 4.70. The van der Waals surface area contributed by atoms with Crippen LogP contribution in [0.5, 0.6) is 0 Å². The predicted molar refractivity (Wildman–Crippen MR) is 22.8 cm³/mol. The van der Waals surface area contributed by atoms with E-state index in [-0.39, 0.29) is 0 Å². The van der Waals surface area contributed by atoms with Crippen molar-refractivity contribution in [3.05, 3.63) is 11.5 Å². The van der Waals surface area contributed by atoms with Gasteiger partial charge in [0.25, 0.3) is 0 Å². The number of hydrogen-bond acceptors (Lipinski definition) is 2. The first-order valence-corrected chi connectivity index (χ1v) is 1.89. The Bertz CT molecular complexity index is 83.7. The molecule has 0 aromatic heterocycles. The van der Waals surface area contributed by atoms with Crippen LogP contribution in [-0.2, 0) is 4.74 Å². The second kappa shape index (κ2) is 0.899. The highest BCUT2D eigenvalue weighted by atomic mass is 16.5. The summed E-state index contributed by atoms with van der Waals surface area (Å²) in [7, 11) is 0. The molecule has 1 aliphatic rings. The first-order chi connectivity index (χ1) is 2.80. The fraction of sp³-hybridized carbons (Fsp3) is 0.500. The molecule has 1 rings (SSSR count). The number of rotatable bonds is 0. The molecule has 0 aromatic carbocycles. The van der Waals surface area contributed by atoms with Gasteiger partial charge in [0.1, 0.15) is 6.61 Å². The Hall–Kier alpha value is -0.660. The molecule has 1 heterocycles. The van der Waals surface area contributed by atoms with Gasteiger partial charge in [0, 0.05) is 5.57 Å². The van der Waals surface area contributed by atoms with E-state index in [1.54, 1.807) is 0 Å². The van der Waals surface area contributed by atoms with Crippen molar-refractivity contribution in [3.8, 4) is 0 Å². The molecule has 0 radical (unpaired) electrons. The molecule has 34 valence electrons.